The van der Waals surface area contributed by atoms with Gasteiger partial charge in [0.2, 0.25) is 0 Å². The molecule has 3 heteroatoms. The Kier molecular flexibility index (Phi) is 10.4. The van der Waals surface area contributed by atoms with Gasteiger partial charge in [-0.05, 0) is 12.8 Å². The van der Waals surface area contributed by atoms with Gasteiger partial charge in [-0.1, -0.05) is 51.7 Å². The first-order valence-corrected chi connectivity index (χ1v) is 6.51. The zero-order valence-electron chi connectivity index (χ0n) is 11.1. The van der Waals surface area contributed by atoms with Crippen molar-refractivity contribution in [1.82, 2.24) is 4.90 Å². The lowest BCUT2D eigenvalue weighted by atomic mass is 10.2. The largest absolute Gasteiger partial charge is 0.480 e. The van der Waals surface area contributed by atoms with Crippen LogP contribution in [-0.2, 0) is 4.79 Å². The number of carboxylic acid groups (broad SMARTS) is 1. The molecule has 0 saturated carbocycles. The maximum Gasteiger partial charge on any atom is 0.323 e. The lowest BCUT2D eigenvalue weighted by Crippen LogP contribution is -2.19. The van der Waals surface area contributed by atoms with Crippen molar-refractivity contribution in [3.8, 4) is 0 Å². The molecule has 0 aromatic heterocycles. The van der Waals surface area contributed by atoms with E-state index in [0.717, 1.165) is 38.5 Å². The summed E-state index contributed by atoms with van der Waals surface area (Å²) < 4.78 is 0. The van der Waals surface area contributed by atoms with E-state index in [-0.39, 0.29) is 6.54 Å². The van der Waals surface area contributed by atoms with Crippen LogP contribution < -0.4 is 0 Å². The van der Waals surface area contributed by atoms with E-state index in [1.165, 1.54) is 0 Å². The summed E-state index contributed by atoms with van der Waals surface area (Å²) in [5, 5.41) is 8.78. The van der Waals surface area contributed by atoms with Gasteiger partial charge in [0, 0.05) is 12.4 Å². The number of carboxylic acids is 1. The Bertz CT molecular complexity index is 229. The van der Waals surface area contributed by atoms with Crippen LogP contribution in [-0.4, -0.2) is 22.5 Å². The summed E-state index contributed by atoms with van der Waals surface area (Å²) in [7, 11) is 0. The van der Waals surface area contributed by atoms with Gasteiger partial charge in [-0.25, -0.2) is 0 Å². The van der Waals surface area contributed by atoms with Gasteiger partial charge in [0.1, 0.15) is 6.54 Å². The zero-order valence-corrected chi connectivity index (χ0v) is 11.1. The monoisotopic (exact) mass is 239 g/mol. The molecule has 0 amide bonds. The molecular weight excluding hydrogens is 214 g/mol. The third-order valence-corrected chi connectivity index (χ3v) is 2.36. The van der Waals surface area contributed by atoms with Crippen LogP contribution in [0.5, 0.6) is 0 Å². The van der Waals surface area contributed by atoms with E-state index in [9.17, 15) is 4.79 Å². The molecule has 0 rings (SSSR count). The van der Waals surface area contributed by atoms with E-state index in [1.807, 2.05) is 24.6 Å². The third kappa shape index (κ3) is 11.0. The molecule has 0 bridgehead atoms. The molecule has 1 N–H and O–H groups in total. The minimum Gasteiger partial charge on any atom is -0.480 e. The normalized spacial score (nSPS) is 11.4. The lowest BCUT2D eigenvalue weighted by molar-refractivity contribution is -0.137. The summed E-state index contributed by atoms with van der Waals surface area (Å²) in [5.74, 6) is -0.801. The van der Waals surface area contributed by atoms with Gasteiger partial charge in [0.15, 0.2) is 0 Å². The quantitative estimate of drug-likeness (QED) is 0.590. The molecule has 98 valence electrons. The molecule has 0 aromatic carbocycles. The predicted molar refractivity (Wildman–Crippen MR) is 71.7 cm³/mol. The Hall–Kier alpha value is -1.25. The number of unbranched alkanes of at least 4 members (excludes halogenated alkanes) is 4. The standard InChI is InChI=1S/C14H25NO2/c1-3-5-7-9-11-15(13-14(16)17)12-10-8-6-4-2/h9-12H,3-8,13H2,1-2H3,(H,16,17)/b11-9+,12-10+. The van der Waals surface area contributed by atoms with Crippen molar-refractivity contribution >= 4 is 5.97 Å². The minimum absolute atomic E-state index is 0.0330. The predicted octanol–water partition coefficient (Wildman–Crippen LogP) is 3.78. The summed E-state index contributed by atoms with van der Waals surface area (Å²) in [6, 6.07) is 0. The van der Waals surface area contributed by atoms with E-state index in [2.05, 4.69) is 13.8 Å². The van der Waals surface area contributed by atoms with Crippen LogP contribution in [0, 0.1) is 0 Å². The van der Waals surface area contributed by atoms with E-state index in [0.29, 0.717) is 0 Å². The molecule has 0 saturated heterocycles. The van der Waals surface area contributed by atoms with Crippen LogP contribution >= 0.6 is 0 Å². The van der Waals surface area contributed by atoms with Gasteiger partial charge in [0.05, 0.1) is 0 Å². The Balaban J connectivity index is 4.08. The maximum atomic E-state index is 10.7. The number of hydrogen-bond acceptors (Lipinski definition) is 2. The second-order valence-electron chi connectivity index (χ2n) is 4.12. The summed E-state index contributed by atoms with van der Waals surface area (Å²) in [4.78, 5) is 12.4. The molecule has 0 radical (unpaired) electrons. The van der Waals surface area contributed by atoms with Crippen molar-refractivity contribution < 1.29 is 9.90 Å². The van der Waals surface area contributed by atoms with Gasteiger partial charge >= 0.3 is 5.97 Å². The number of carbonyl (C=O) groups is 1. The average molecular weight is 239 g/mol. The van der Waals surface area contributed by atoms with Gasteiger partial charge in [0.25, 0.3) is 0 Å². The zero-order chi connectivity index (χ0) is 12.9. The average Bonchev–Trinajstić information content (AvgIpc) is 2.29. The van der Waals surface area contributed by atoms with Crippen molar-refractivity contribution in [1.29, 1.82) is 0 Å². The van der Waals surface area contributed by atoms with Crippen LogP contribution in [0.1, 0.15) is 52.4 Å². The number of hydrogen-bond donors (Lipinski definition) is 1. The molecule has 0 fully saturated rings. The minimum atomic E-state index is -0.801. The number of aliphatic carboxylic acids is 1. The highest BCUT2D eigenvalue weighted by molar-refractivity contribution is 5.69. The molecule has 17 heavy (non-hydrogen) atoms. The fourth-order valence-corrected chi connectivity index (χ4v) is 1.38. The van der Waals surface area contributed by atoms with Crippen LogP contribution in [0.25, 0.3) is 0 Å². The van der Waals surface area contributed by atoms with Gasteiger partial charge in [-0.3, -0.25) is 4.79 Å². The van der Waals surface area contributed by atoms with Crippen molar-refractivity contribution in [2.24, 2.45) is 0 Å². The number of rotatable bonds is 10. The van der Waals surface area contributed by atoms with Crippen LogP contribution in [0.4, 0.5) is 0 Å². The topological polar surface area (TPSA) is 40.5 Å². The van der Waals surface area contributed by atoms with Crippen LogP contribution in [0.2, 0.25) is 0 Å². The molecule has 0 heterocycles. The number of nitrogens with zero attached hydrogens (tertiary/aromatic N) is 1. The van der Waals surface area contributed by atoms with E-state index >= 15 is 0 Å². The molecule has 3 nitrogen and oxygen atoms in total. The molecule has 0 aliphatic carbocycles. The van der Waals surface area contributed by atoms with Crippen molar-refractivity contribution in [3.05, 3.63) is 24.6 Å². The van der Waals surface area contributed by atoms with Crippen molar-refractivity contribution in [3.63, 3.8) is 0 Å². The first-order chi connectivity index (χ1) is 8.20. The molecular formula is C14H25NO2. The van der Waals surface area contributed by atoms with Gasteiger partial charge in [-0.15, -0.1) is 0 Å². The maximum absolute atomic E-state index is 10.7. The second kappa shape index (κ2) is 11.2. The summed E-state index contributed by atoms with van der Waals surface area (Å²) >= 11 is 0. The molecule has 0 spiro atoms. The highest BCUT2D eigenvalue weighted by Gasteiger charge is 2.00. The van der Waals surface area contributed by atoms with E-state index in [1.54, 1.807) is 4.90 Å². The smallest absolute Gasteiger partial charge is 0.323 e. The summed E-state index contributed by atoms with van der Waals surface area (Å²) in [6.45, 7) is 4.33. The molecule has 0 atom stereocenters. The fraction of sp³-hybridized carbons (Fsp3) is 0.643. The highest BCUT2D eigenvalue weighted by atomic mass is 16.4. The molecule has 0 unspecified atom stereocenters. The third-order valence-electron chi connectivity index (χ3n) is 2.36. The van der Waals surface area contributed by atoms with Crippen LogP contribution in [0.15, 0.2) is 24.6 Å². The first kappa shape index (κ1) is 15.8. The Labute approximate surface area is 105 Å². The fourth-order valence-electron chi connectivity index (χ4n) is 1.38. The second-order valence-corrected chi connectivity index (χ2v) is 4.12. The molecule has 0 aliphatic heterocycles. The van der Waals surface area contributed by atoms with Crippen molar-refractivity contribution in [2.45, 2.75) is 52.4 Å². The Morgan fingerprint density at radius 2 is 1.53 bits per heavy atom. The number of allylic oxidation sites excluding steroid dienone is 2. The Morgan fingerprint density at radius 3 is 1.88 bits per heavy atom. The van der Waals surface area contributed by atoms with E-state index < -0.39 is 5.97 Å². The van der Waals surface area contributed by atoms with Gasteiger partial charge in [-0.2, -0.15) is 0 Å². The van der Waals surface area contributed by atoms with Gasteiger partial charge < -0.3 is 10.0 Å². The SMILES string of the molecule is CCCC/C=C/N(/C=C/CCCC)CC(=O)O. The molecule has 0 aliphatic rings. The first-order valence-electron chi connectivity index (χ1n) is 6.51. The lowest BCUT2D eigenvalue weighted by Gasteiger charge is -2.12. The highest BCUT2D eigenvalue weighted by Crippen LogP contribution is 2.01. The van der Waals surface area contributed by atoms with Crippen molar-refractivity contribution in [2.75, 3.05) is 6.54 Å². The van der Waals surface area contributed by atoms with Crippen LogP contribution in [0.3, 0.4) is 0 Å². The van der Waals surface area contributed by atoms with E-state index in [4.69, 9.17) is 5.11 Å². The summed E-state index contributed by atoms with van der Waals surface area (Å²) in [6.07, 6.45) is 14.5. The summed E-state index contributed by atoms with van der Waals surface area (Å²) in [5.41, 5.74) is 0. The molecule has 0 aromatic rings. The Morgan fingerprint density at radius 1 is 1.06 bits per heavy atom.